The molecule has 5 rings (SSSR count). The summed E-state index contributed by atoms with van der Waals surface area (Å²) in [6.45, 7) is 0. The minimum Gasteiger partial charge on any atom is -0.505 e. The van der Waals surface area contributed by atoms with Gasteiger partial charge in [0.2, 0.25) is 16.4 Å². The van der Waals surface area contributed by atoms with Crippen molar-refractivity contribution >= 4 is 136 Å². The summed E-state index contributed by atoms with van der Waals surface area (Å²) in [6.07, 6.45) is 1.88. The molecule has 28 nitrogen and oxygen atoms in total. The van der Waals surface area contributed by atoms with E-state index >= 15 is 0 Å². The van der Waals surface area contributed by atoms with Crippen LogP contribution in [0.4, 0.5) is 44.9 Å². The molecule has 1 aromatic heterocycles. The lowest BCUT2D eigenvalue weighted by Crippen LogP contribution is -2.02. The van der Waals surface area contributed by atoms with E-state index in [0.29, 0.717) is 29.0 Å². The number of benzene rings is 4. The number of thioether (sulfide) groups is 2. The highest BCUT2D eigenvalue weighted by Crippen LogP contribution is 2.50. The molecule has 0 aliphatic carbocycles. The number of halogens is 1. The third-order valence-electron chi connectivity index (χ3n) is 6.61. The van der Waals surface area contributed by atoms with Gasteiger partial charge in [-0.1, -0.05) is 10.1 Å². The maximum Gasteiger partial charge on any atom is 0.433 e. The zero-order valence-electron chi connectivity index (χ0n) is 29.9. The molecule has 13 N–H and O–H groups in total. The predicted molar refractivity (Wildman–Crippen MR) is 219 cm³/mol. The Hall–Kier alpha value is -5.27. The molecule has 1 heterocycles. The molecule has 336 valence electrons. The van der Waals surface area contributed by atoms with E-state index in [0.717, 1.165) is 17.8 Å². The average molecular weight is 1020 g/mol. The number of rotatable bonds is 17. The van der Waals surface area contributed by atoms with Gasteiger partial charge in [-0.3, -0.25) is 14.0 Å². The molecule has 0 amide bonds. The van der Waals surface area contributed by atoms with E-state index in [4.69, 9.17) is 37.5 Å². The fourth-order valence-corrected chi connectivity index (χ4v) is 7.26. The number of nitrogens with zero attached hydrogens (tertiary/aromatic N) is 7. The number of hydrogen-bond acceptors (Lipinski definition) is 27. The van der Waals surface area contributed by atoms with Crippen LogP contribution in [-0.2, 0) is 48.5 Å². The van der Waals surface area contributed by atoms with Gasteiger partial charge in [0, 0.05) is 27.6 Å². The normalized spacial score (nSPS) is 11.5. The highest BCUT2D eigenvalue weighted by Gasteiger charge is 2.26. The van der Waals surface area contributed by atoms with E-state index < -0.39 is 47.8 Å². The molecule has 0 unspecified atom stereocenters. The van der Waals surface area contributed by atoms with Crippen LogP contribution in [0.2, 0.25) is 5.28 Å². The minimum absolute atomic E-state index is 0. The molecule has 0 aliphatic rings. The zero-order valence-corrected chi connectivity index (χ0v) is 35.6. The molecule has 4 aromatic carbocycles. The largest absolute Gasteiger partial charge is 0.505 e. The number of carboxylic acid groups (broad SMARTS) is 1. The first-order chi connectivity index (χ1) is 28.9. The molecule has 0 saturated carbocycles. The molecule has 0 radical (unpaired) electrons. The number of nitrogens with one attached hydrogen (secondary N) is 1. The average Bonchev–Trinajstić information content (AvgIpc) is 3.18. The van der Waals surface area contributed by atoms with Crippen LogP contribution < -0.4 is 11.1 Å². The Bertz CT molecular complexity index is 2820. The summed E-state index contributed by atoms with van der Waals surface area (Å²) in [5.74, 6) is -0.898. The van der Waals surface area contributed by atoms with Crippen LogP contribution in [0.1, 0.15) is 0 Å². The molecule has 0 atom stereocenters. The minimum atomic E-state index is -5.13. The maximum absolute atomic E-state index is 12.6. The monoisotopic (exact) mass is 1010 g/mol. The molecular formula is C28H22ClN9O19S6. The lowest BCUT2D eigenvalue weighted by atomic mass is 10.1. The van der Waals surface area contributed by atoms with Crippen LogP contribution in [0.5, 0.6) is 5.75 Å². The van der Waals surface area contributed by atoms with E-state index in [1.54, 1.807) is 0 Å². The van der Waals surface area contributed by atoms with Crippen molar-refractivity contribution < 1.29 is 90.4 Å². The Balaban J connectivity index is 0.00000528. The van der Waals surface area contributed by atoms with E-state index in [-0.39, 0.29) is 82.4 Å². The lowest BCUT2D eigenvalue weighted by Gasteiger charge is -2.14. The van der Waals surface area contributed by atoms with E-state index in [2.05, 4.69) is 73.9 Å². The summed E-state index contributed by atoms with van der Waals surface area (Å²) in [5, 5.41) is 64.4. The zero-order chi connectivity index (χ0) is 44.3. The van der Waals surface area contributed by atoms with Gasteiger partial charge >= 0.3 is 15.7 Å². The van der Waals surface area contributed by atoms with Crippen molar-refractivity contribution in [1.82, 2.24) is 15.0 Å². The fraction of sp³-hybridized carbons (Fsp3) is 0. The van der Waals surface area contributed by atoms with Gasteiger partial charge in [-0.05, 0) is 87.7 Å². The summed E-state index contributed by atoms with van der Waals surface area (Å²) in [6, 6.07) is 12.0. The molecule has 0 saturated heterocycles. The van der Waals surface area contributed by atoms with Crippen molar-refractivity contribution in [2.75, 3.05) is 11.1 Å². The van der Waals surface area contributed by atoms with Crippen LogP contribution in [-0.4, -0.2) is 77.9 Å². The summed E-state index contributed by atoms with van der Waals surface area (Å²) in [4.78, 5) is 26.2. The molecule has 0 bridgehead atoms. The number of aromatic hydroxyl groups is 1. The maximum atomic E-state index is 12.6. The summed E-state index contributed by atoms with van der Waals surface area (Å²) in [7, 11) is -9.99. The van der Waals surface area contributed by atoms with Crippen LogP contribution in [0.15, 0.2) is 99.8 Å². The van der Waals surface area contributed by atoms with Crippen LogP contribution in [0, 0.1) is 11.4 Å². The fourth-order valence-electron chi connectivity index (χ4n) is 4.41. The molecule has 5 aromatic rings. The molecule has 35 heteroatoms. The summed E-state index contributed by atoms with van der Waals surface area (Å²) >= 11 is 7.72. The first-order valence-electron chi connectivity index (χ1n) is 15.0. The number of carbonyl (C=O) groups is 1. The number of aromatic nitrogens is 3. The second-order valence-electron chi connectivity index (χ2n) is 10.4. The topological polar surface area (TPSA) is 451 Å². The third kappa shape index (κ3) is 14.9. The lowest BCUT2D eigenvalue weighted by molar-refractivity contribution is -0.432. The first-order valence-corrected chi connectivity index (χ1v) is 21.3. The molecular weight excluding hydrogens is 994 g/mol. The van der Waals surface area contributed by atoms with E-state index in [9.17, 15) is 31.3 Å². The Morgan fingerprint density at radius 2 is 1.52 bits per heavy atom. The Labute approximate surface area is 372 Å². The second kappa shape index (κ2) is 23.4. The van der Waals surface area contributed by atoms with Crippen molar-refractivity contribution in [2.45, 2.75) is 24.7 Å². The van der Waals surface area contributed by atoms with Gasteiger partial charge in [-0.2, -0.15) is 36.9 Å². The van der Waals surface area contributed by atoms with Gasteiger partial charge in [0.15, 0.2) is 11.9 Å². The number of anilines is 3. The molecule has 0 spiro atoms. The van der Waals surface area contributed by atoms with E-state index in [1.165, 1.54) is 48.5 Å². The van der Waals surface area contributed by atoms with E-state index in [1.807, 2.05) is 6.11 Å². The Morgan fingerprint density at radius 3 is 2.16 bits per heavy atom. The van der Waals surface area contributed by atoms with Crippen molar-refractivity contribution in [2.24, 2.45) is 20.5 Å². The molecule has 0 aliphatic heterocycles. The van der Waals surface area contributed by atoms with Crippen molar-refractivity contribution in [1.29, 1.82) is 0 Å². The number of hydrogen-bond donors (Lipinski definition) is 8. The second-order valence-corrected chi connectivity index (χ2v) is 16.4. The van der Waals surface area contributed by atoms with Gasteiger partial charge in [-0.15, -0.1) is 24.0 Å². The number of nitrogen functional groups attached to an aromatic ring is 1. The number of fused-ring (bicyclic) bond motifs is 1. The van der Waals surface area contributed by atoms with Gasteiger partial charge in [0.25, 0.3) is 10.1 Å². The van der Waals surface area contributed by atoms with Crippen molar-refractivity contribution in [3.63, 3.8) is 0 Å². The predicted octanol–water partition coefficient (Wildman–Crippen LogP) is 6.53. The van der Waals surface area contributed by atoms with Gasteiger partial charge in [-0.25, -0.2) is 15.3 Å². The number of azo groups is 2. The quantitative estimate of drug-likeness (QED) is 0.00717. The van der Waals surface area contributed by atoms with Crippen LogP contribution in [0.25, 0.3) is 10.8 Å². The third-order valence-corrected chi connectivity index (χ3v) is 10.4. The smallest absolute Gasteiger partial charge is 0.433 e. The highest BCUT2D eigenvalue weighted by atomic mass is 35.5. The summed E-state index contributed by atoms with van der Waals surface area (Å²) < 4.78 is 77.6. The molecule has 63 heavy (non-hydrogen) atoms. The molecule has 0 fully saturated rings. The Kier molecular flexibility index (Phi) is 19.4. The van der Waals surface area contributed by atoms with Gasteiger partial charge in [0.05, 0.1) is 50.6 Å². The van der Waals surface area contributed by atoms with Gasteiger partial charge < -0.3 is 32.2 Å². The SMILES string of the molecule is Nc1c(N=Nc2ccc(Nc3nc(Cl)nc(SC(=O)O)n3)cc2SOOO)c(S(=O)(=O)O)cc2cc(SOOO)c(N=Nc3ccc(SC#COOS(=O)(=O)O)cc3)c(O)c12.O.O. The standard InChI is InChI=1S/C28H18ClN9O17S6.2H2O/c29-25-32-26(34-27(33-25)57-28(40)41)31-14-3-6-16(17(11-14)58-53-51-42)36-38-23-19(60(44,45)46)10-12-9-18(59-54-52-43)22(24(39)20(12)21(23)30)37-35-13-1-4-15(5-2-13)56-8-7-50-55-61(47,48)49;;/h1-6,9-11,39,42-43H,30H2,(H,40,41)(H,44,45,46)(H,47,48,49)(H,31,32,33,34);2*1H2. The van der Waals surface area contributed by atoms with Gasteiger partial charge in [0.1, 0.15) is 22.0 Å². The highest BCUT2D eigenvalue weighted by molar-refractivity contribution is 8.13. The van der Waals surface area contributed by atoms with Crippen LogP contribution >= 0.6 is 59.2 Å². The van der Waals surface area contributed by atoms with Crippen molar-refractivity contribution in [3.05, 3.63) is 59.9 Å². The van der Waals surface area contributed by atoms with Crippen LogP contribution in [0.3, 0.4) is 0 Å². The summed E-state index contributed by atoms with van der Waals surface area (Å²) in [5.41, 5.74) is 5.14. The number of phenols is 1. The first kappa shape index (κ1) is 52.1. The number of nitrogens with two attached hydrogens (primary N) is 1. The number of phenolic OH excluding ortho intramolecular Hbond substituents is 1. The van der Waals surface area contributed by atoms with Crippen molar-refractivity contribution in [3.8, 4) is 17.1 Å². The Morgan fingerprint density at radius 1 is 0.857 bits per heavy atom.